The van der Waals surface area contributed by atoms with E-state index in [0.717, 1.165) is 61.9 Å². The van der Waals surface area contributed by atoms with Crippen LogP contribution in [0.1, 0.15) is 42.0 Å². The van der Waals surface area contributed by atoms with Gasteiger partial charge < -0.3 is 15.4 Å². The van der Waals surface area contributed by atoms with Crippen molar-refractivity contribution in [1.29, 1.82) is 0 Å². The molecular weight excluding hydrogens is 418 g/mol. The van der Waals surface area contributed by atoms with Crippen molar-refractivity contribution in [2.45, 2.75) is 63.0 Å². The Morgan fingerprint density at radius 1 is 1.19 bits per heavy atom. The normalized spacial score (nSPS) is 26.5. The van der Waals surface area contributed by atoms with Gasteiger partial charge in [0.2, 0.25) is 10.0 Å². The molecule has 168 valence electrons. The number of hydrogen-bond acceptors (Lipinski definition) is 7. The Hall–Kier alpha value is -2.17. The number of rotatable bonds is 5. The molecule has 4 aliphatic rings. The molecule has 31 heavy (non-hydrogen) atoms. The van der Waals surface area contributed by atoms with Crippen LogP contribution < -0.4 is 15.4 Å². The van der Waals surface area contributed by atoms with Gasteiger partial charge in [-0.3, -0.25) is 5.01 Å². The number of urea groups is 1. The molecule has 5 rings (SSSR count). The molecule has 3 unspecified atom stereocenters. The van der Waals surface area contributed by atoms with Crippen LogP contribution in [-0.4, -0.2) is 62.9 Å². The van der Waals surface area contributed by atoms with Crippen LogP contribution in [0, 0.1) is 0 Å². The van der Waals surface area contributed by atoms with Gasteiger partial charge in [-0.2, -0.15) is 5.10 Å². The number of carbonyl (C=O) groups is 1. The van der Waals surface area contributed by atoms with Crippen LogP contribution in [0.2, 0.25) is 0 Å². The zero-order valence-corrected chi connectivity index (χ0v) is 18.5. The molecule has 1 saturated heterocycles. The summed E-state index contributed by atoms with van der Waals surface area (Å²) in [6, 6.07) is 1.65. The quantitative estimate of drug-likeness (QED) is 0.624. The molecular formula is C21H29N5O4S. The minimum atomic E-state index is -4.01. The topological polar surface area (TPSA) is 112 Å². The molecule has 2 amide bonds. The van der Waals surface area contributed by atoms with Crippen molar-refractivity contribution in [3.05, 3.63) is 28.3 Å². The van der Waals surface area contributed by atoms with Crippen LogP contribution in [-0.2, 0) is 40.4 Å². The number of likely N-dealkylation sites (N-methyl/N-ethyl adjacent to an activating group) is 1. The number of benzene rings is 1. The van der Waals surface area contributed by atoms with E-state index in [1.807, 2.05) is 6.92 Å². The Labute approximate surface area is 182 Å². The number of ether oxygens (including phenoxy) is 1. The Balaban J connectivity index is 1.29. The summed E-state index contributed by atoms with van der Waals surface area (Å²) in [7, 11) is -4.01. The van der Waals surface area contributed by atoms with Crippen molar-refractivity contribution >= 4 is 28.0 Å². The van der Waals surface area contributed by atoms with Gasteiger partial charge in [0.1, 0.15) is 0 Å². The molecule has 0 saturated carbocycles. The number of fused-ring (bicyclic) bond motifs is 3. The molecule has 3 N–H and O–H groups in total. The van der Waals surface area contributed by atoms with E-state index in [-0.39, 0.29) is 6.04 Å². The summed E-state index contributed by atoms with van der Waals surface area (Å²) in [5.41, 5.74) is 5.70. The van der Waals surface area contributed by atoms with E-state index in [2.05, 4.69) is 26.5 Å². The summed E-state index contributed by atoms with van der Waals surface area (Å²) in [6.07, 6.45) is 6.62. The SMILES string of the molecule is CCNC1COC2C(S(=O)(=O)NC(=O)Nc3c4c(cc5c3CCC5)CCC4)C=NN2C1. The molecule has 2 aliphatic carbocycles. The van der Waals surface area contributed by atoms with Crippen LogP contribution in [0.4, 0.5) is 10.5 Å². The van der Waals surface area contributed by atoms with E-state index >= 15 is 0 Å². The van der Waals surface area contributed by atoms with E-state index < -0.39 is 27.5 Å². The molecule has 2 heterocycles. The lowest BCUT2D eigenvalue weighted by atomic mass is 9.99. The Bertz CT molecular complexity index is 993. The third kappa shape index (κ3) is 3.81. The van der Waals surface area contributed by atoms with Gasteiger partial charge in [0.15, 0.2) is 11.5 Å². The molecule has 1 aromatic carbocycles. The van der Waals surface area contributed by atoms with Gasteiger partial charge in [0.25, 0.3) is 0 Å². The smallest absolute Gasteiger partial charge is 0.332 e. The van der Waals surface area contributed by atoms with Crippen LogP contribution in [0.3, 0.4) is 0 Å². The summed E-state index contributed by atoms with van der Waals surface area (Å²) < 4.78 is 33.9. The standard InChI is InChI=1S/C21H29N5O4S/c1-2-22-15-11-26-20(30-12-15)18(10-23-26)31(28,29)25-21(27)24-19-16-7-3-5-13(16)9-14-6-4-8-17(14)19/h9-10,15,18,20,22H,2-8,11-12H2,1H3,(H2,24,25,27). The van der Waals surface area contributed by atoms with E-state index in [4.69, 9.17) is 4.74 Å². The molecule has 0 aromatic heterocycles. The van der Waals surface area contributed by atoms with Crippen LogP contribution in [0.15, 0.2) is 11.2 Å². The van der Waals surface area contributed by atoms with Crippen molar-refractivity contribution in [2.75, 3.05) is 25.0 Å². The number of hydrazone groups is 1. The van der Waals surface area contributed by atoms with Gasteiger partial charge in [-0.1, -0.05) is 13.0 Å². The van der Waals surface area contributed by atoms with E-state index in [0.29, 0.717) is 13.2 Å². The molecule has 1 aromatic rings. The third-order valence-electron chi connectivity index (χ3n) is 6.61. The molecule has 0 bridgehead atoms. The number of hydrogen-bond donors (Lipinski definition) is 3. The fraction of sp³-hybridized carbons (Fsp3) is 0.619. The summed E-state index contributed by atoms with van der Waals surface area (Å²) in [6.45, 7) is 3.77. The maximum Gasteiger partial charge on any atom is 0.332 e. The summed E-state index contributed by atoms with van der Waals surface area (Å²) >= 11 is 0. The first-order valence-corrected chi connectivity index (χ1v) is 12.7. The first-order valence-electron chi connectivity index (χ1n) is 11.1. The predicted octanol–water partition coefficient (Wildman–Crippen LogP) is 1.12. The molecule has 2 aliphatic heterocycles. The van der Waals surface area contributed by atoms with Gasteiger partial charge in [-0.15, -0.1) is 0 Å². The van der Waals surface area contributed by atoms with Crippen LogP contribution in [0.25, 0.3) is 0 Å². The first-order chi connectivity index (χ1) is 15.0. The maximum atomic E-state index is 13.0. The third-order valence-corrected chi connectivity index (χ3v) is 8.15. The largest absolute Gasteiger partial charge is 0.353 e. The van der Waals surface area contributed by atoms with Crippen LogP contribution >= 0.6 is 0 Å². The highest BCUT2D eigenvalue weighted by Gasteiger charge is 2.44. The van der Waals surface area contributed by atoms with Crippen molar-refractivity contribution in [2.24, 2.45) is 5.10 Å². The number of sulfonamides is 1. The van der Waals surface area contributed by atoms with Crippen molar-refractivity contribution in [1.82, 2.24) is 15.0 Å². The molecule has 10 heteroatoms. The number of aryl methyl sites for hydroxylation is 2. The Kier molecular flexibility index (Phi) is 5.39. The van der Waals surface area contributed by atoms with Crippen LogP contribution in [0.5, 0.6) is 0 Å². The second kappa shape index (κ2) is 8.07. The first kappa shape index (κ1) is 20.7. The highest BCUT2D eigenvalue weighted by Crippen LogP contribution is 2.38. The highest BCUT2D eigenvalue weighted by atomic mass is 32.2. The summed E-state index contributed by atoms with van der Waals surface area (Å²) in [5.74, 6) is 0. The molecule has 3 atom stereocenters. The minimum Gasteiger partial charge on any atom is -0.353 e. The Morgan fingerprint density at radius 2 is 1.90 bits per heavy atom. The van der Waals surface area contributed by atoms with Gasteiger partial charge in [-0.05, 0) is 67.3 Å². The number of nitrogens with one attached hydrogen (secondary N) is 3. The number of amides is 2. The van der Waals surface area contributed by atoms with E-state index in [1.54, 1.807) is 5.01 Å². The molecule has 1 fully saturated rings. The van der Waals surface area contributed by atoms with Gasteiger partial charge >= 0.3 is 6.03 Å². The average molecular weight is 448 g/mol. The predicted molar refractivity (Wildman–Crippen MR) is 118 cm³/mol. The number of nitrogens with zero attached hydrogens (tertiary/aromatic N) is 2. The van der Waals surface area contributed by atoms with Crippen molar-refractivity contribution in [3.63, 3.8) is 0 Å². The molecule has 0 spiro atoms. The van der Waals surface area contributed by atoms with E-state index in [1.165, 1.54) is 17.3 Å². The average Bonchev–Trinajstić information content (AvgIpc) is 3.46. The van der Waals surface area contributed by atoms with Crippen molar-refractivity contribution in [3.8, 4) is 0 Å². The maximum absolute atomic E-state index is 13.0. The fourth-order valence-corrected chi connectivity index (χ4v) is 6.42. The number of anilines is 1. The lowest BCUT2D eigenvalue weighted by Crippen LogP contribution is -2.56. The summed E-state index contributed by atoms with van der Waals surface area (Å²) in [4.78, 5) is 12.8. The zero-order chi connectivity index (χ0) is 21.6. The van der Waals surface area contributed by atoms with Gasteiger partial charge in [0.05, 0.1) is 13.2 Å². The highest BCUT2D eigenvalue weighted by molar-refractivity contribution is 7.91. The van der Waals surface area contributed by atoms with Gasteiger partial charge in [-0.25, -0.2) is 17.9 Å². The zero-order valence-electron chi connectivity index (χ0n) is 17.7. The fourth-order valence-electron chi connectivity index (χ4n) is 5.23. The minimum absolute atomic E-state index is 0.0957. The second-order valence-electron chi connectivity index (χ2n) is 8.66. The molecule has 9 nitrogen and oxygen atoms in total. The Morgan fingerprint density at radius 3 is 2.58 bits per heavy atom. The number of carbonyl (C=O) groups excluding carboxylic acids is 1. The lowest BCUT2D eigenvalue weighted by Gasteiger charge is -2.36. The van der Waals surface area contributed by atoms with E-state index in [9.17, 15) is 13.2 Å². The summed E-state index contributed by atoms with van der Waals surface area (Å²) in [5, 5.41) is 11.0. The monoisotopic (exact) mass is 447 g/mol. The second-order valence-corrected chi connectivity index (χ2v) is 10.5. The van der Waals surface area contributed by atoms with Crippen molar-refractivity contribution < 1.29 is 17.9 Å². The van der Waals surface area contributed by atoms with Gasteiger partial charge in [0, 0.05) is 17.9 Å². The lowest BCUT2D eigenvalue weighted by molar-refractivity contribution is -0.0921. The molecule has 0 radical (unpaired) electrons.